The summed E-state index contributed by atoms with van der Waals surface area (Å²) in [5.74, 6) is -0.456. The molecule has 1 aromatic heterocycles. The van der Waals surface area contributed by atoms with Gasteiger partial charge in [-0.3, -0.25) is 0 Å². The van der Waals surface area contributed by atoms with Crippen LogP contribution in [0.25, 0.3) is 0 Å². The van der Waals surface area contributed by atoms with Crippen LogP contribution in [-0.2, 0) is 23.1 Å². The topological polar surface area (TPSA) is 42.3 Å². The average Bonchev–Trinajstić information content (AvgIpc) is 3.08. The first-order valence-corrected chi connectivity index (χ1v) is 10.7. The fourth-order valence-corrected chi connectivity index (χ4v) is 4.69. The van der Waals surface area contributed by atoms with Crippen molar-refractivity contribution in [1.82, 2.24) is 8.87 Å². The molecule has 0 N–H and O–H groups in total. The molecule has 0 unspecified atom stereocenters. The Morgan fingerprint density at radius 3 is 2.25 bits per heavy atom. The van der Waals surface area contributed by atoms with Crippen LogP contribution in [0.3, 0.4) is 0 Å². The van der Waals surface area contributed by atoms with Gasteiger partial charge in [0.15, 0.2) is 0 Å². The average molecular weight is 401 g/mol. The zero-order valence-electron chi connectivity index (χ0n) is 16.3. The molecule has 0 aliphatic heterocycles. The lowest BCUT2D eigenvalue weighted by Crippen LogP contribution is -2.37. The van der Waals surface area contributed by atoms with E-state index in [1.165, 1.54) is 34.1 Å². The van der Waals surface area contributed by atoms with Crippen LogP contribution in [0.5, 0.6) is 0 Å². The predicted octanol–water partition coefficient (Wildman–Crippen LogP) is 4.58. The van der Waals surface area contributed by atoms with E-state index in [1.807, 2.05) is 39.1 Å². The van der Waals surface area contributed by atoms with Crippen LogP contribution in [0.4, 0.5) is 4.39 Å². The standard InChI is InChI=1S/C22H25FN2O2S/c1-17(2)25(28(26,27)22-12-10-20(23)11-13-22)16-21-5-4-14-24(21)15-19-8-6-18(3)7-9-19/h4-14,17H,15-16H2,1-3H3. The molecule has 0 fully saturated rings. The number of rotatable bonds is 7. The molecular weight excluding hydrogens is 375 g/mol. The van der Waals surface area contributed by atoms with E-state index in [2.05, 4.69) is 28.8 Å². The van der Waals surface area contributed by atoms with Crippen molar-refractivity contribution in [3.05, 3.63) is 89.5 Å². The molecule has 28 heavy (non-hydrogen) atoms. The molecule has 148 valence electrons. The van der Waals surface area contributed by atoms with Gasteiger partial charge in [-0.2, -0.15) is 4.31 Å². The highest BCUT2D eigenvalue weighted by atomic mass is 32.2. The number of benzene rings is 2. The van der Waals surface area contributed by atoms with Gasteiger partial charge in [-0.15, -0.1) is 0 Å². The quantitative estimate of drug-likeness (QED) is 0.582. The second-order valence-electron chi connectivity index (χ2n) is 7.21. The van der Waals surface area contributed by atoms with Gasteiger partial charge in [0.1, 0.15) is 5.82 Å². The number of nitrogens with zero attached hydrogens (tertiary/aromatic N) is 2. The minimum atomic E-state index is -3.74. The molecule has 3 rings (SSSR count). The molecule has 0 aliphatic carbocycles. The van der Waals surface area contributed by atoms with E-state index in [4.69, 9.17) is 0 Å². The summed E-state index contributed by atoms with van der Waals surface area (Å²) < 4.78 is 42.9. The molecule has 0 aliphatic rings. The minimum absolute atomic E-state index is 0.0965. The van der Waals surface area contributed by atoms with Crippen LogP contribution in [-0.4, -0.2) is 23.3 Å². The van der Waals surface area contributed by atoms with Crippen molar-refractivity contribution in [3.63, 3.8) is 0 Å². The number of aryl methyl sites for hydroxylation is 1. The zero-order chi connectivity index (χ0) is 20.3. The Bertz CT molecular complexity index is 1020. The summed E-state index contributed by atoms with van der Waals surface area (Å²) in [6, 6.07) is 16.9. The van der Waals surface area contributed by atoms with Gasteiger partial charge in [-0.1, -0.05) is 29.8 Å². The zero-order valence-corrected chi connectivity index (χ0v) is 17.2. The third-order valence-corrected chi connectivity index (χ3v) is 6.75. The Balaban J connectivity index is 1.87. The number of hydrogen-bond donors (Lipinski definition) is 0. The summed E-state index contributed by atoms with van der Waals surface area (Å²) in [5, 5.41) is 0. The van der Waals surface area contributed by atoms with E-state index < -0.39 is 15.8 Å². The monoisotopic (exact) mass is 400 g/mol. The van der Waals surface area contributed by atoms with Crippen LogP contribution >= 0.6 is 0 Å². The van der Waals surface area contributed by atoms with E-state index in [0.29, 0.717) is 6.54 Å². The number of aromatic nitrogens is 1. The van der Waals surface area contributed by atoms with Gasteiger partial charge in [0.05, 0.1) is 11.4 Å². The predicted molar refractivity (Wildman–Crippen MR) is 109 cm³/mol. The molecule has 1 heterocycles. The Labute approximate surface area is 166 Å². The third kappa shape index (κ3) is 4.51. The van der Waals surface area contributed by atoms with Crippen molar-refractivity contribution >= 4 is 10.0 Å². The second kappa shape index (κ2) is 8.29. The summed E-state index contributed by atoms with van der Waals surface area (Å²) in [7, 11) is -3.74. The van der Waals surface area contributed by atoms with Gasteiger partial charge in [0, 0.05) is 24.5 Å². The van der Waals surface area contributed by atoms with Crippen molar-refractivity contribution in [2.24, 2.45) is 0 Å². The normalized spacial score (nSPS) is 12.1. The van der Waals surface area contributed by atoms with Gasteiger partial charge in [-0.05, 0) is 62.7 Å². The highest BCUT2D eigenvalue weighted by molar-refractivity contribution is 7.89. The maximum atomic E-state index is 13.2. The molecule has 0 spiro atoms. The maximum absolute atomic E-state index is 13.2. The molecule has 0 radical (unpaired) electrons. The van der Waals surface area contributed by atoms with Crippen molar-refractivity contribution in [1.29, 1.82) is 0 Å². The van der Waals surface area contributed by atoms with E-state index in [9.17, 15) is 12.8 Å². The third-order valence-electron chi connectivity index (χ3n) is 4.71. The molecule has 0 saturated carbocycles. The van der Waals surface area contributed by atoms with E-state index in [-0.39, 0.29) is 17.5 Å². The Hall–Kier alpha value is -2.44. The lowest BCUT2D eigenvalue weighted by Gasteiger charge is -2.26. The van der Waals surface area contributed by atoms with E-state index in [1.54, 1.807) is 0 Å². The van der Waals surface area contributed by atoms with Gasteiger partial charge < -0.3 is 4.57 Å². The molecule has 3 aromatic rings. The van der Waals surface area contributed by atoms with Gasteiger partial charge in [0.2, 0.25) is 10.0 Å². The molecule has 2 aromatic carbocycles. The summed E-state index contributed by atoms with van der Waals surface area (Å²) >= 11 is 0. The highest BCUT2D eigenvalue weighted by Crippen LogP contribution is 2.22. The number of sulfonamides is 1. The molecule has 0 saturated heterocycles. The van der Waals surface area contributed by atoms with E-state index in [0.717, 1.165) is 11.3 Å². The van der Waals surface area contributed by atoms with Gasteiger partial charge in [-0.25, -0.2) is 12.8 Å². The van der Waals surface area contributed by atoms with Crippen molar-refractivity contribution in [3.8, 4) is 0 Å². The highest BCUT2D eigenvalue weighted by Gasteiger charge is 2.28. The Kier molecular flexibility index (Phi) is 6.01. The lowest BCUT2D eigenvalue weighted by molar-refractivity contribution is 0.340. The van der Waals surface area contributed by atoms with Crippen molar-refractivity contribution in [2.45, 2.75) is 44.8 Å². The summed E-state index contributed by atoms with van der Waals surface area (Å²) in [5.41, 5.74) is 3.26. The summed E-state index contributed by atoms with van der Waals surface area (Å²) in [4.78, 5) is 0.0965. The van der Waals surface area contributed by atoms with Crippen LogP contribution < -0.4 is 0 Å². The van der Waals surface area contributed by atoms with Crippen LogP contribution in [0.2, 0.25) is 0 Å². The van der Waals surface area contributed by atoms with Crippen molar-refractivity contribution < 1.29 is 12.8 Å². The maximum Gasteiger partial charge on any atom is 0.243 e. The summed E-state index contributed by atoms with van der Waals surface area (Å²) in [6.07, 6.45) is 1.96. The first-order chi connectivity index (χ1) is 13.3. The first kappa shape index (κ1) is 20.3. The van der Waals surface area contributed by atoms with Gasteiger partial charge >= 0.3 is 0 Å². The molecule has 4 nitrogen and oxygen atoms in total. The molecule has 0 bridgehead atoms. The van der Waals surface area contributed by atoms with Crippen LogP contribution in [0.15, 0.2) is 71.8 Å². The van der Waals surface area contributed by atoms with Crippen LogP contribution in [0.1, 0.15) is 30.7 Å². The Morgan fingerprint density at radius 2 is 1.64 bits per heavy atom. The van der Waals surface area contributed by atoms with Crippen LogP contribution in [0, 0.1) is 12.7 Å². The lowest BCUT2D eigenvalue weighted by atomic mass is 10.1. The fourth-order valence-electron chi connectivity index (χ4n) is 3.08. The van der Waals surface area contributed by atoms with Gasteiger partial charge in [0.25, 0.3) is 0 Å². The van der Waals surface area contributed by atoms with E-state index >= 15 is 0 Å². The Morgan fingerprint density at radius 1 is 1.00 bits per heavy atom. The minimum Gasteiger partial charge on any atom is -0.346 e. The number of hydrogen-bond acceptors (Lipinski definition) is 2. The second-order valence-corrected chi connectivity index (χ2v) is 9.10. The largest absolute Gasteiger partial charge is 0.346 e. The molecule has 0 atom stereocenters. The first-order valence-electron chi connectivity index (χ1n) is 9.24. The number of halogens is 1. The molecular formula is C22H25FN2O2S. The molecule has 6 heteroatoms. The summed E-state index contributed by atoms with van der Waals surface area (Å²) in [6.45, 7) is 6.65. The fraction of sp³-hybridized carbons (Fsp3) is 0.273. The molecule has 0 amide bonds. The SMILES string of the molecule is Cc1ccc(Cn2cccc2CN(C(C)C)S(=O)(=O)c2ccc(F)cc2)cc1. The smallest absolute Gasteiger partial charge is 0.243 e. The van der Waals surface area contributed by atoms with Crippen molar-refractivity contribution in [2.75, 3.05) is 0 Å².